The first kappa shape index (κ1) is 6.41. The molecule has 2 aliphatic rings. The van der Waals surface area contributed by atoms with Crippen LogP contribution in [0.15, 0.2) is 18.2 Å². The van der Waals surface area contributed by atoms with Crippen molar-refractivity contribution < 1.29 is 4.79 Å². The fourth-order valence-electron chi connectivity index (χ4n) is 2.73. The molecule has 1 nitrogen and oxygen atoms in total. The van der Waals surface area contributed by atoms with Gasteiger partial charge in [-0.05, 0) is 36.0 Å². The molecule has 4 bridgehead atoms. The van der Waals surface area contributed by atoms with Gasteiger partial charge in [0.1, 0.15) is 6.29 Å². The predicted molar refractivity (Wildman–Crippen MR) is 46.2 cm³/mol. The largest absolute Gasteiger partial charge is 0.302 e. The Bertz CT molecular complexity index is 367. The summed E-state index contributed by atoms with van der Waals surface area (Å²) in [6.07, 6.45) is 4.28. The van der Waals surface area contributed by atoms with Crippen LogP contribution in [0.1, 0.15) is 23.1 Å². The minimum atomic E-state index is -0.103. The summed E-state index contributed by atoms with van der Waals surface area (Å²) in [7, 11) is 0. The van der Waals surface area contributed by atoms with Crippen LogP contribution < -0.4 is 0 Å². The topological polar surface area (TPSA) is 17.1 Å². The van der Waals surface area contributed by atoms with Crippen LogP contribution in [0.3, 0.4) is 0 Å². The smallest absolute Gasteiger partial charge is 0.130 e. The Morgan fingerprint density at radius 3 is 3.08 bits per heavy atom. The first-order chi connectivity index (χ1) is 5.86. The molecule has 0 radical (unpaired) electrons. The van der Waals surface area contributed by atoms with Gasteiger partial charge in [0, 0.05) is 0 Å². The molecule has 1 atom stereocenters. The SMILES string of the molecule is O=CC12CCc3c(cccc31)C2. The summed E-state index contributed by atoms with van der Waals surface area (Å²) >= 11 is 0. The van der Waals surface area contributed by atoms with E-state index < -0.39 is 0 Å². The Hall–Kier alpha value is -1.11. The molecule has 0 N–H and O–H groups in total. The third-order valence-electron chi connectivity index (χ3n) is 3.36. The molecule has 1 heteroatoms. The molecule has 3 rings (SSSR count). The fourth-order valence-corrected chi connectivity index (χ4v) is 2.73. The molecule has 0 heterocycles. The Morgan fingerprint density at radius 1 is 1.42 bits per heavy atom. The molecule has 0 aliphatic heterocycles. The first-order valence-corrected chi connectivity index (χ1v) is 4.43. The number of carbonyl (C=O) groups excluding carboxylic acids is 1. The Labute approximate surface area is 71.4 Å². The second-order valence-corrected chi connectivity index (χ2v) is 3.89. The van der Waals surface area contributed by atoms with Gasteiger partial charge >= 0.3 is 0 Å². The molecular formula is C11H10O. The molecule has 1 aromatic carbocycles. The summed E-state index contributed by atoms with van der Waals surface area (Å²) in [6, 6.07) is 6.35. The maximum absolute atomic E-state index is 11.0. The highest BCUT2D eigenvalue weighted by Crippen LogP contribution is 2.47. The number of hydrogen-bond acceptors (Lipinski definition) is 1. The van der Waals surface area contributed by atoms with Gasteiger partial charge in [-0.15, -0.1) is 0 Å². The molecule has 12 heavy (non-hydrogen) atoms. The minimum Gasteiger partial charge on any atom is -0.302 e. The first-order valence-electron chi connectivity index (χ1n) is 4.43. The lowest BCUT2D eigenvalue weighted by molar-refractivity contribution is -0.112. The maximum atomic E-state index is 11.0. The third kappa shape index (κ3) is 0.512. The summed E-state index contributed by atoms with van der Waals surface area (Å²) in [4.78, 5) is 11.0. The van der Waals surface area contributed by atoms with E-state index in [0.717, 1.165) is 25.5 Å². The van der Waals surface area contributed by atoms with E-state index in [-0.39, 0.29) is 5.41 Å². The van der Waals surface area contributed by atoms with Gasteiger partial charge in [-0.3, -0.25) is 0 Å². The third-order valence-corrected chi connectivity index (χ3v) is 3.36. The number of benzene rings is 1. The van der Waals surface area contributed by atoms with E-state index in [1.54, 1.807) is 0 Å². The van der Waals surface area contributed by atoms with Gasteiger partial charge in [0.2, 0.25) is 0 Å². The molecule has 1 aromatic rings. The molecule has 60 valence electrons. The van der Waals surface area contributed by atoms with Crippen molar-refractivity contribution >= 4 is 6.29 Å². The predicted octanol–water partition coefficient (Wildman–Crippen LogP) is 1.63. The van der Waals surface area contributed by atoms with E-state index in [0.29, 0.717) is 0 Å². The Balaban J connectivity index is 2.34. The van der Waals surface area contributed by atoms with E-state index in [1.807, 2.05) is 0 Å². The van der Waals surface area contributed by atoms with Gasteiger partial charge in [-0.1, -0.05) is 18.2 Å². The van der Waals surface area contributed by atoms with E-state index >= 15 is 0 Å². The van der Waals surface area contributed by atoms with Gasteiger partial charge < -0.3 is 4.79 Å². The normalized spacial score (nSPS) is 29.3. The number of hydrogen-bond donors (Lipinski definition) is 0. The average Bonchev–Trinajstić information content (AvgIpc) is 2.56. The molecule has 1 unspecified atom stereocenters. The van der Waals surface area contributed by atoms with Crippen molar-refractivity contribution in [2.45, 2.75) is 24.7 Å². The quantitative estimate of drug-likeness (QED) is 0.568. The highest BCUT2D eigenvalue weighted by atomic mass is 16.1. The highest BCUT2D eigenvalue weighted by molar-refractivity contribution is 5.76. The van der Waals surface area contributed by atoms with E-state index in [9.17, 15) is 4.79 Å². The average molecular weight is 158 g/mol. The summed E-state index contributed by atoms with van der Waals surface area (Å²) in [6.45, 7) is 0. The minimum absolute atomic E-state index is 0.103. The van der Waals surface area contributed by atoms with Crippen molar-refractivity contribution in [3.05, 3.63) is 34.9 Å². The fraction of sp³-hybridized carbons (Fsp3) is 0.364. The zero-order chi connectivity index (χ0) is 8.18. The van der Waals surface area contributed by atoms with Crippen LogP contribution in [-0.2, 0) is 23.1 Å². The standard InChI is InChI=1S/C11H10O/c12-7-11-5-4-9-8(6-11)2-1-3-10(9)11/h1-3,7H,4-6H2. The highest BCUT2D eigenvalue weighted by Gasteiger charge is 2.45. The van der Waals surface area contributed by atoms with Crippen LogP contribution in [0.25, 0.3) is 0 Å². The molecule has 0 aromatic heterocycles. The van der Waals surface area contributed by atoms with Crippen LogP contribution in [0.5, 0.6) is 0 Å². The van der Waals surface area contributed by atoms with E-state index in [2.05, 4.69) is 18.2 Å². The molecular weight excluding hydrogens is 148 g/mol. The van der Waals surface area contributed by atoms with Crippen molar-refractivity contribution in [3.8, 4) is 0 Å². The molecule has 0 fully saturated rings. The second kappa shape index (κ2) is 1.79. The van der Waals surface area contributed by atoms with Crippen LogP contribution in [-0.4, -0.2) is 6.29 Å². The van der Waals surface area contributed by atoms with Gasteiger partial charge in [0.15, 0.2) is 0 Å². The monoisotopic (exact) mass is 158 g/mol. The molecule has 0 saturated heterocycles. The van der Waals surface area contributed by atoms with Crippen molar-refractivity contribution in [3.63, 3.8) is 0 Å². The van der Waals surface area contributed by atoms with E-state index in [4.69, 9.17) is 0 Å². The maximum Gasteiger partial charge on any atom is 0.130 e. The van der Waals surface area contributed by atoms with Crippen molar-refractivity contribution in [2.24, 2.45) is 0 Å². The van der Waals surface area contributed by atoms with Crippen LogP contribution in [0, 0.1) is 0 Å². The molecule has 2 aliphatic carbocycles. The zero-order valence-electron chi connectivity index (χ0n) is 6.84. The lowest BCUT2D eigenvalue weighted by Crippen LogP contribution is -2.25. The van der Waals surface area contributed by atoms with E-state index in [1.165, 1.54) is 16.7 Å². The van der Waals surface area contributed by atoms with Crippen molar-refractivity contribution in [2.75, 3.05) is 0 Å². The summed E-state index contributed by atoms with van der Waals surface area (Å²) < 4.78 is 0. The summed E-state index contributed by atoms with van der Waals surface area (Å²) in [5, 5.41) is 0. The van der Waals surface area contributed by atoms with Crippen LogP contribution in [0.4, 0.5) is 0 Å². The van der Waals surface area contributed by atoms with Gasteiger partial charge in [-0.25, -0.2) is 0 Å². The molecule has 0 spiro atoms. The van der Waals surface area contributed by atoms with Crippen LogP contribution in [0.2, 0.25) is 0 Å². The van der Waals surface area contributed by atoms with Gasteiger partial charge in [0.05, 0.1) is 5.41 Å². The summed E-state index contributed by atoms with van der Waals surface area (Å²) in [5.74, 6) is 0. The second-order valence-electron chi connectivity index (χ2n) is 3.89. The number of aldehydes is 1. The van der Waals surface area contributed by atoms with Crippen LogP contribution >= 0.6 is 0 Å². The number of rotatable bonds is 1. The lowest BCUT2D eigenvalue weighted by atomic mass is 9.82. The summed E-state index contributed by atoms with van der Waals surface area (Å²) in [5.41, 5.74) is 4.08. The van der Waals surface area contributed by atoms with Crippen molar-refractivity contribution in [1.82, 2.24) is 0 Å². The number of carbonyl (C=O) groups is 1. The van der Waals surface area contributed by atoms with Gasteiger partial charge in [-0.2, -0.15) is 0 Å². The molecule has 0 amide bonds. The molecule has 0 saturated carbocycles. The Morgan fingerprint density at radius 2 is 2.33 bits per heavy atom. The zero-order valence-corrected chi connectivity index (χ0v) is 6.84. The van der Waals surface area contributed by atoms with Gasteiger partial charge in [0.25, 0.3) is 0 Å². The Kier molecular flexibility index (Phi) is 0.957. The lowest BCUT2D eigenvalue weighted by Gasteiger charge is -2.19. The van der Waals surface area contributed by atoms with Crippen molar-refractivity contribution in [1.29, 1.82) is 0 Å².